The molecular formula is C17H24N4O2. The molecule has 0 saturated carbocycles. The van der Waals surface area contributed by atoms with Crippen LogP contribution in [0.25, 0.3) is 0 Å². The van der Waals surface area contributed by atoms with E-state index in [1.54, 1.807) is 4.68 Å². The Labute approximate surface area is 136 Å². The van der Waals surface area contributed by atoms with Crippen molar-refractivity contribution in [2.24, 2.45) is 7.05 Å². The normalized spacial score (nSPS) is 10.6. The van der Waals surface area contributed by atoms with Gasteiger partial charge in [0.15, 0.2) is 12.4 Å². The van der Waals surface area contributed by atoms with Crippen LogP contribution in [0.4, 0.5) is 5.69 Å². The first-order valence-electron chi connectivity index (χ1n) is 7.74. The van der Waals surface area contributed by atoms with E-state index in [1.807, 2.05) is 52.1 Å². The maximum Gasteiger partial charge on any atom is 0.262 e. The van der Waals surface area contributed by atoms with Gasteiger partial charge in [-0.05, 0) is 32.0 Å². The minimum absolute atomic E-state index is 0.0388. The molecule has 0 spiro atoms. The maximum atomic E-state index is 12.2. The molecule has 0 fully saturated rings. The van der Waals surface area contributed by atoms with Gasteiger partial charge in [-0.2, -0.15) is 5.10 Å². The van der Waals surface area contributed by atoms with E-state index in [0.29, 0.717) is 12.3 Å². The van der Waals surface area contributed by atoms with Crippen molar-refractivity contribution >= 4 is 11.6 Å². The molecule has 1 aromatic carbocycles. The van der Waals surface area contributed by atoms with Crippen LogP contribution in [0, 0.1) is 13.8 Å². The number of benzene rings is 1. The summed E-state index contributed by atoms with van der Waals surface area (Å²) in [6.07, 6.45) is 0. The number of hydrogen-bond donors (Lipinski definition) is 2. The molecule has 23 heavy (non-hydrogen) atoms. The van der Waals surface area contributed by atoms with Crippen LogP contribution in [-0.2, 0) is 18.4 Å². The molecule has 2 rings (SSSR count). The van der Waals surface area contributed by atoms with Crippen LogP contribution in [0.2, 0.25) is 0 Å². The minimum atomic E-state index is -0.184. The highest BCUT2D eigenvalue weighted by molar-refractivity contribution is 5.92. The molecule has 0 aliphatic carbocycles. The number of nitrogens with zero attached hydrogens (tertiary/aromatic N) is 2. The molecule has 0 aliphatic rings. The lowest BCUT2D eigenvalue weighted by molar-refractivity contribution is -0.118. The number of aryl methyl sites for hydroxylation is 2. The van der Waals surface area contributed by atoms with E-state index >= 15 is 0 Å². The van der Waals surface area contributed by atoms with Gasteiger partial charge in [0.1, 0.15) is 5.69 Å². The third-order valence-corrected chi connectivity index (χ3v) is 3.65. The topological polar surface area (TPSA) is 68.2 Å². The molecule has 1 aromatic heterocycles. The lowest BCUT2D eigenvalue weighted by Crippen LogP contribution is -2.22. The van der Waals surface area contributed by atoms with E-state index in [9.17, 15) is 4.79 Å². The SMILES string of the molecule is CCNCc1ccccc1NC(=O)COc1c(C)nn(C)c1C. The lowest BCUT2D eigenvalue weighted by atomic mass is 10.1. The van der Waals surface area contributed by atoms with Gasteiger partial charge in [0.05, 0.1) is 5.69 Å². The first kappa shape index (κ1) is 17.0. The summed E-state index contributed by atoms with van der Waals surface area (Å²) in [4.78, 5) is 12.2. The highest BCUT2D eigenvalue weighted by Crippen LogP contribution is 2.21. The number of carbonyl (C=O) groups excluding carboxylic acids is 1. The van der Waals surface area contributed by atoms with Gasteiger partial charge in [0.25, 0.3) is 5.91 Å². The van der Waals surface area contributed by atoms with Crippen molar-refractivity contribution in [2.45, 2.75) is 27.3 Å². The number of nitrogens with one attached hydrogen (secondary N) is 2. The summed E-state index contributed by atoms with van der Waals surface area (Å²) in [5.74, 6) is 0.486. The minimum Gasteiger partial charge on any atom is -0.480 e. The molecule has 0 radical (unpaired) electrons. The summed E-state index contributed by atoms with van der Waals surface area (Å²) in [5.41, 5.74) is 3.55. The predicted molar refractivity (Wildman–Crippen MR) is 90.6 cm³/mol. The Morgan fingerprint density at radius 3 is 2.70 bits per heavy atom. The van der Waals surface area contributed by atoms with Crippen molar-refractivity contribution in [1.29, 1.82) is 0 Å². The van der Waals surface area contributed by atoms with E-state index in [0.717, 1.165) is 29.2 Å². The largest absolute Gasteiger partial charge is 0.480 e. The Hall–Kier alpha value is -2.34. The van der Waals surface area contributed by atoms with Crippen molar-refractivity contribution in [3.05, 3.63) is 41.2 Å². The van der Waals surface area contributed by atoms with Crippen LogP contribution in [0.3, 0.4) is 0 Å². The Morgan fingerprint density at radius 1 is 1.30 bits per heavy atom. The second-order valence-corrected chi connectivity index (χ2v) is 5.40. The summed E-state index contributed by atoms with van der Waals surface area (Å²) >= 11 is 0. The van der Waals surface area contributed by atoms with Crippen molar-refractivity contribution in [2.75, 3.05) is 18.5 Å². The maximum absolute atomic E-state index is 12.2. The number of para-hydroxylation sites is 1. The first-order chi connectivity index (χ1) is 11.0. The van der Waals surface area contributed by atoms with Crippen molar-refractivity contribution in [3.63, 3.8) is 0 Å². The third-order valence-electron chi connectivity index (χ3n) is 3.65. The smallest absolute Gasteiger partial charge is 0.262 e. The molecular weight excluding hydrogens is 292 g/mol. The molecule has 1 amide bonds. The number of amides is 1. The Balaban J connectivity index is 1.97. The number of aromatic nitrogens is 2. The fourth-order valence-electron chi connectivity index (χ4n) is 2.34. The summed E-state index contributed by atoms with van der Waals surface area (Å²) in [5, 5.41) is 10.4. The molecule has 0 saturated heterocycles. The Morgan fingerprint density at radius 2 is 2.04 bits per heavy atom. The van der Waals surface area contributed by atoms with Crippen LogP contribution in [0.1, 0.15) is 23.9 Å². The molecule has 2 aromatic rings. The molecule has 0 unspecified atom stereocenters. The average Bonchev–Trinajstić information content (AvgIpc) is 2.77. The van der Waals surface area contributed by atoms with E-state index in [1.165, 1.54) is 0 Å². The van der Waals surface area contributed by atoms with Crippen LogP contribution in [0.5, 0.6) is 5.75 Å². The molecule has 0 aliphatic heterocycles. The average molecular weight is 316 g/mol. The van der Waals surface area contributed by atoms with Gasteiger partial charge >= 0.3 is 0 Å². The van der Waals surface area contributed by atoms with Gasteiger partial charge in [-0.15, -0.1) is 0 Å². The number of rotatable bonds is 7. The zero-order valence-corrected chi connectivity index (χ0v) is 14.1. The zero-order valence-electron chi connectivity index (χ0n) is 14.1. The number of hydrogen-bond acceptors (Lipinski definition) is 4. The number of carbonyl (C=O) groups is 1. The zero-order chi connectivity index (χ0) is 16.8. The van der Waals surface area contributed by atoms with Gasteiger partial charge in [-0.25, -0.2) is 0 Å². The quantitative estimate of drug-likeness (QED) is 0.821. The van der Waals surface area contributed by atoms with E-state index in [4.69, 9.17) is 4.74 Å². The fraction of sp³-hybridized carbons (Fsp3) is 0.412. The molecule has 0 bridgehead atoms. The molecule has 6 heteroatoms. The third kappa shape index (κ3) is 4.32. The first-order valence-corrected chi connectivity index (χ1v) is 7.74. The Bertz CT molecular complexity index is 679. The van der Waals surface area contributed by atoms with Crippen LogP contribution >= 0.6 is 0 Å². The standard InChI is InChI=1S/C17H24N4O2/c1-5-18-10-14-8-6-7-9-15(14)19-16(22)11-23-17-12(2)20-21(4)13(17)3/h6-9,18H,5,10-11H2,1-4H3,(H,19,22). The summed E-state index contributed by atoms with van der Waals surface area (Å²) in [6.45, 7) is 7.39. The Kier molecular flexibility index (Phi) is 5.76. The molecule has 2 N–H and O–H groups in total. The van der Waals surface area contributed by atoms with E-state index in [-0.39, 0.29) is 12.5 Å². The lowest BCUT2D eigenvalue weighted by Gasteiger charge is -2.12. The number of anilines is 1. The highest BCUT2D eigenvalue weighted by Gasteiger charge is 2.13. The molecule has 0 atom stereocenters. The second kappa shape index (κ2) is 7.78. The van der Waals surface area contributed by atoms with Crippen LogP contribution in [0.15, 0.2) is 24.3 Å². The molecule has 1 heterocycles. The van der Waals surface area contributed by atoms with Crippen molar-refractivity contribution < 1.29 is 9.53 Å². The monoisotopic (exact) mass is 316 g/mol. The predicted octanol–water partition coefficient (Wildman–Crippen LogP) is 2.16. The fourth-order valence-corrected chi connectivity index (χ4v) is 2.34. The summed E-state index contributed by atoms with van der Waals surface area (Å²) < 4.78 is 7.38. The van der Waals surface area contributed by atoms with Crippen molar-refractivity contribution in [1.82, 2.24) is 15.1 Å². The number of ether oxygens (including phenoxy) is 1. The van der Waals surface area contributed by atoms with Gasteiger partial charge in [-0.3, -0.25) is 9.48 Å². The second-order valence-electron chi connectivity index (χ2n) is 5.40. The highest BCUT2D eigenvalue weighted by atomic mass is 16.5. The summed E-state index contributed by atoms with van der Waals surface area (Å²) in [7, 11) is 1.85. The van der Waals surface area contributed by atoms with Gasteiger partial charge in [0.2, 0.25) is 0 Å². The summed E-state index contributed by atoms with van der Waals surface area (Å²) in [6, 6.07) is 7.75. The van der Waals surface area contributed by atoms with Gasteiger partial charge < -0.3 is 15.4 Å². The van der Waals surface area contributed by atoms with Crippen molar-refractivity contribution in [3.8, 4) is 5.75 Å². The van der Waals surface area contributed by atoms with Crippen LogP contribution < -0.4 is 15.4 Å². The molecule has 124 valence electrons. The van der Waals surface area contributed by atoms with E-state index in [2.05, 4.69) is 15.7 Å². The van der Waals surface area contributed by atoms with Crippen LogP contribution in [-0.4, -0.2) is 28.8 Å². The molecule has 6 nitrogen and oxygen atoms in total. The van der Waals surface area contributed by atoms with Gasteiger partial charge in [-0.1, -0.05) is 25.1 Å². The van der Waals surface area contributed by atoms with E-state index < -0.39 is 0 Å². The van der Waals surface area contributed by atoms with Gasteiger partial charge in [0, 0.05) is 19.3 Å².